The van der Waals surface area contributed by atoms with Crippen molar-refractivity contribution in [2.45, 2.75) is 46.2 Å². The van der Waals surface area contributed by atoms with Gasteiger partial charge in [-0.1, -0.05) is 26.8 Å². The van der Waals surface area contributed by atoms with E-state index in [9.17, 15) is 8.78 Å². The third-order valence-corrected chi connectivity index (χ3v) is 3.98. The number of likely N-dealkylation sites (N-methyl/N-ethyl adjacent to an activating group) is 2. The topological polar surface area (TPSA) is 15.3 Å². The smallest absolute Gasteiger partial charge is 0.130 e. The molecule has 0 saturated heterocycles. The third-order valence-electron chi connectivity index (χ3n) is 3.98. The maximum absolute atomic E-state index is 14.1. The van der Waals surface area contributed by atoms with E-state index in [1.54, 1.807) is 0 Å². The zero-order valence-corrected chi connectivity index (χ0v) is 13.1. The maximum Gasteiger partial charge on any atom is 0.130 e. The van der Waals surface area contributed by atoms with Gasteiger partial charge in [0.2, 0.25) is 0 Å². The summed E-state index contributed by atoms with van der Waals surface area (Å²) in [6.45, 7) is 12.5. The lowest BCUT2D eigenvalue weighted by atomic mass is 9.86. The quantitative estimate of drug-likeness (QED) is 0.820. The molecule has 0 spiro atoms. The van der Waals surface area contributed by atoms with Crippen molar-refractivity contribution in [1.82, 2.24) is 10.2 Å². The largest absolute Gasteiger partial charge is 0.309 e. The minimum Gasteiger partial charge on any atom is -0.309 e. The van der Waals surface area contributed by atoms with Gasteiger partial charge in [-0.15, -0.1) is 0 Å². The first-order chi connectivity index (χ1) is 9.39. The number of rotatable bonds is 7. The highest BCUT2D eigenvalue weighted by atomic mass is 19.1. The van der Waals surface area contributed by atoms with Crippen LogP contribution in [0, 0.1) is 11.6 Å². The molecule has 0 aliphatic rings. The zero-order chi connectivity index (χ0) is 15.3. The number of halogens is 2. The molecule has 0 fully saturated rings. The highest BCUT2D eigenvalue weighted by Crippen LogP contribution is 2.33. The number of hydrogen-bond acceptors (Lipinski definition) is 2. The van der Waals surface area contributed by atoms with Crippen molar-refractivity contribution in [3.63, 3.8) is 0 Å². The van der Waals surface area contributed by atoms with Gasteiger partial charge in [0.05, 0.1) is 6.04 Å². The summed E-state index contributed by atoms with van der Waals surface area (Å²) in [5, 5.41) is 3.25. The SMILES string of the molecule is CCNC(c1c(F)cccc1F)C(C)(C)N(CC)CC. The summed E-state index contributed by atoms with van der Waals surface area (Å²) in [7, 11) is 0. The molecule has 1 N–H and O–H groups in total. The van der Waals surface area contributed by atoms with E-state index in [-0.39, 0.29) is 11.1 Å². The summed E-state index contributed by atoms with van der Waals surface area (Å²) in [6, 6.07) is 3.65. The van der Waals surface area contributed by atoms with Gasteiger partial charge in [0.25, 0.3) is 0 Å². The van der Waals surface area contributed by atoms with Crippen LogP contribution in [-0.2, 0) is 0 Å². The molecule has 0 aliphatic carbocycles. The molecule has 0 amide bonds. The fourth-order valence-electron chi connectivity index (χ4n) is 2.92. The molecule has 0 saturated carbocycles. The lowest BCUT2D eigenvalue weighted by Crippen LogP contribution is -2.53. The lowest BCUT2D eigenvalue weighted by Gasteiger charge is -2.44. The van der Waals surface area contributed by atoms with E-state index in [1.807, 2.05) is 20.8 Å². The molecule has 2 nitrogen and oxygen atoms in total. The van der Waals surface area contributed by atoms with Gasteiger partial charge in [0, 0.05) is 11.1 Å². The molecule has 4 heteroatoms. The van der Waals surface area contributed by atoms with E-state index in [1.165, 1.54) is 18.2 Å². The van der Waals surface area contributed by atoms with Crippen LogP contribution >= 0.6 is 0 Å². The summed E-state index contributed by atoms with van der Waals surface area (Å²) in [6.07, 6.45) is 0. The van der Waals surface area contributed by atoms with Crippen molar-refractivity contribution in [2.75, 3.05) is 19.6 Å². The van der Waals surface area contributed by atoms with Crippen molar-refractivity contribution in [3.8, 4) is 0 Å². The Bertz CT molecular complexity index is 408. The van der Waals surface area contributed by atoms with Crippen LogP contribution < -0.4 is 5.32 Å². The average molecular weight is 284 g/mol. The first kappa shape index (κ1) is 17.1. The van der Waals surface area contributed by atoms with Crippen molar-refractivity contribution in [2.24, 2.45) is 0 Å². The van der Waals surface area contributed by atoms with Gasteiger partial charge < -0.3 is 5.32 Å². The van der Waals surface area contributed by atoms with Crippen molar-refractivity contribution in [3.05, 3.63) is 35.4 Å². The molecular weight excluding hydrogens is 258 g/mol. The van der Waals surface area contributed by atoms with E-state index < -0.39 is 17.7 Å². The van der Waals surface area contributed by atoms with E-state index in [2.05, 4.69) is 24.1 Å². The van der Waals surface area contributed by atoms with Gasteiger partial charge in [0.15, 0.2) is 0 Å². The molecule has 0 heterocycles. The summed E-state index contributed by atoms with van der Waals surface area (Å²) < 4.78 is 28.3. The number of benzene rings is 1. The second-order valence-corrected chi connectivity index (χ2v) is 5.45. The summed E-state index contributed by atoms with van der Waals surface area (Å²) in [5.74, 6) is -0.979. The predicted molar refractivity (Wildman–Crippen MR) is 79.8 cm³/mol. The van der Waals surface area contributed by atoms with Crippen LogP contribution in [0.3, 0.4) is 0 Å². The predicted octanol–water partition coefficient (Wildman–Crippen LogP) is 3.74. The monoisotopic (exact) mass is 284 g/mol. The molecule has 0 bridgehead atoms. The summed E-state index contributed by atoms with van der Waals surface area (Å²) in [5.41, 5.74) is -0.256. The number of nitrogens with zero attached hydrogens (tertiary/aromatic N) is 1. The van der Waals surface area contributed by atoms with Crippen molar-refractivity contribution < 1.29 is 8.78 Å². The molecule has 0 aromatic heterocycles. The van der Waals surface area contributed by atoms with Crippen LogP contribution in [0.25, 0.3) is 0 Å². The first-order valence-corrected chi connectivity index (χ1v) is 7.32. The fourth-order valence-corrected chi connectivity index (χ4v) is 2.92. The summed E-state index contributed by atoms with van der Waals surface area (Å²) in [4.78, 5) is 2.21. The Morgan fingerprint density at radius 1 is 1.10 bits per heavy atom. The van der Waals surface area contributed by atoms with E-state index in [0.717, 1.165) is 13.1 Å². The van der Waals surface area contributed by atoms with Crippen LogP contribution in [0.2, 0.25) is 0 Å². The average Bonchev–Trinajstić information content (AvgIpc) is 2.38. The zero-order valence-electron chi connectivity index (χ0n) is 13.1. The highest BCUT2D eigenvalue weighted by molar-refractivity contribution is 5.26. The Morgan fingerprint density at radius 3 is 2.00 bits per heavy atom. The second-order valence-electron chi connectivity index (χ2n) is 5.45. The second kappa shape index (κ2) is 7.14. The summed E-state index contributed by atoms with van der Waals surface area (Å²) >= 11 is 0. The molecule has 20 heavy (non-hydrogen) atoms. The Balaban J connectivity index is 3.30. The number of hydrogen-bond donors (Lipinski definition) is 1. The highest BCUT2D eigenvalue weighted by Gasteiger charge is 2.37. The van der Waals surface area contributed by atoms with E-state index in [4.69, 9.17) is 0 Å². The third kappa shape index (κ3) is 3.36. The van der Waals surface area contributed by atoms with Crippen LogP contribution in [0.15, 0.2) is 18.2 Å². The van der Waals surface area contributed by atoms with Gasteiger partial charge in [-0.3, -0.25) is 4.90 Å². The maximum atomic E-state index is 14.1. The van der Waals surface area contributed by atoms with Crippen LogP contribution in [-0.4, -0.2) is 30.1 Å². The van der Waals surface area contributed by atoms with Crippen LogP contribution in [0.5, 0.6) is 0 Å². The lowest BCUT2D eigenvalue weighted by molar-refractivity contribution is 0.0887. The number of nitrogens with one attached hydrogen (secondary N) is 1. The minimum atomic E-state index is -0.490. The van der Waals surface area contributed by atoms with Crippen molar-refractivity contribution in [1.29, 1.82) is 0 Å². The first-order valence-electron chi connectivity index (χ1n) is 7.32. The molecule has 1 aromatic carbocycles. The molecule has 1 aromatic rings. The molecular formula is C16H26F2N2. The Kier molecular flexibility index (Phi) is 6.08. The van der Waals surface area contributed by atoms with Crippen LogP contribution in [0.4, 0.5) is 8.78 Å². The molecule has 0 radical (unpaired) electrons. The van der Waals surface area contributed by atoms with Gasteiger partial charge in [0.1, 0.15) is 11.6 Å². The van der Waals surface area contributed by atoms with Gasteiger partial charge >= 0.3 is 0 Å². The molecule has 1 atom stereocenters. The standard InChI is InChI=1S/C16H26F2N2/c1-6-19-15(16(4,5)20(7-2)8-3)14-12(17)10-9-11-13(14)18/h9-11,15,19H,6-8H2,1-5H3. The molecule has 0 aliphatic heterocycles. The Hall–Kier alpha value is -1.00. The van der Waals surface area contributed by atoms with Crippen LogP contribution in [0.1, 0.15) is 46.2 Å². The minimum absolute atomic E-state index is 0.131. The van der Waals surface area contributed by atoms with Gasteiger partial charge in [-0.2, -0.15) is 0 Å². The molecule has 114 valence electrons. The van der Waals surface area contributed by atoms with Crippen molar-refractivity contribution >= 4 is 0 Å². The Morgan fingerprint density at radius 2 is 1.60 bits per heavy atom. The van der Waals surface area contributed by atoms with E-state index in [0.29, 0.717) is 6.54 Å². The van der Waals surface area contributed by atoms with E-state index >= 15 is 0 Å². The molecule has 1 rings (SSSR count). The normalized spacial score (nSPS) is 13.8. The van der Waals surface area contributed by atoms with Gasteiger partial charge in [-0.25, -0.2) is 8.78 Å². The molecule has 1 unspecified atom stereocenters. The Labute approximate surface area is 121 Å². The fraction of sp³-hybridized carbons (Fsp3) is 0.625. The van der Waals surface area contributed by atoms with Gasteiger partial charge in [-0.05, 0) is 45.6 Å².